The van der Waals surface area contributed by atoms with Gasteiger partial charge in [0.1, 0.15) is 12.3 Å². The van der Waals surface area contributed by atoms with Crippen molar-refractivity contribution in [3.8, 4) is 16.6 Å². The van der Waals surface area contributed by atoms with Crippen LogP contribution in [0.3, 0.4) is 0 Å². The Morgan fingerprint density at radius 1 is 1.19 bits per heavy atom. The van der Waals surface area contributed by atoms with Crippen LogP contribution in [0.5, 0.6) is 5.19 Å². The van der Waals surface area contributed by atoms with Gasteiger partial charge in [0.25, 0.3) is 5.19 Å². The molecule has 2 aromatic heterocycles. The average Bonchev–Trinajstić information content (AvgIpc) is 3.14. The zero-order valence-corrected chi connectivity index (χ0v) is 15.8. The summed E-state index contributed by atoms with van der Waals surface area (Å²) in [5, 5.41) is 3.36. The van der Waals surface area contributed by atoms with Crippen molar-refractivity contribution < 1.29 is 9.53 Å². The molecule has 0 aliphatic carbocycles. The number of anilines is 1. The number of rotatable bonds is 5. The summed E-state index contributed by atoms with van der Waals surface area (Å²) in [4.78, 5) is 20.7. The second kappa shape index (κ2) is 8.12. The predicted molar refractivity (Wildman–Crippen MR) is 105 cm³/mol. The van der Waals surface area contributed by atoms with E-state index in [4.69, 9.17) is 16.4 Å². The smallest absolute Gasteiger partial charge is 0.350 e. The van der Waals surface area contributed by atoms with Gasteiger partial charge in [0.15, 0.2) is 0 Å². The number of amides is 2. The molecular weight excluding hydrogens is 364 g/mol. The number of hydrogen-bond donors (Lipinski definition) is 3. The molecule has 0 saturated carbocycles. The Balaban J connectivity index is 1.79. The minimum Gasteiger partial charge on any atom is -0.465 e. The van der Waals surface area contributed by atoms with Gasteiger partial charge in [0.2, 0.25) is 0 Å². The van der Waals surface area contributed by atoms with E-state index < -0.39 is 6.03 Å². The van der Waals surface area contributed by atoms with Crippen LogP contribution in [-0.4, -0.2) is 16.0 Å². The minimum atomic E-state index is -0.621. The summed E-state index contributed by atoms with van der Waals surface area (Å²) in [5.41, 5.74) is 6.71. The van der Waals surface area contributed by atoms with Gasteiger partial charge in [0, 0.05) is 16.6 Å². The SMILES string of the molecule is Cc1cccc(-c2csc(OCc3c(C)cccc3N(N)C(=O)NN)n2)n1. The van der Waals surface area contributed by atoms with Gasteiger partial charge in [-0.3, -0.25) is 10.4 Å². The summed E-state index contributed by atoms with van der Waals surface area (Å²) in [7, 11) is 0. The van der Waals surface area contributed by atoms with E-state index in [-0.39, 0.29) is 6.61 Å². The molecule has 1 aromatic carbocycles. The number of hydrogen-bond acceptors (Lipinski definition) is 7. The molecule has 3 rings (SSSR count). The van der Waals surface area contributed by atoms with Crippen molar-refractivity contribution in [1.82, 2.24) is 15.4 Å². The van der Waals surface area contributed by atoms with E-state index in [1.165, 1.54) is 11.3 Å². The van der Waals surface area contributed by atoms with Gasteiger partial charge in [-0.15, -0.1) is 0 Å². The van der Waals surface area contributed by atoms with Crippen molar-refractivity contribution >= 4 is 23.1 Å². The molecule has 3 aromatic rings. The van der Waals surface area contributed by atoms with Crippen molar-refractivity contribution in [1.29, 1.82) is 0 Å². The molecule has 0 unspecified atom stereocenters. The Hall–Kier alpha value is -3.01. The van der Waals surface area contributed by atoms with Crippen LogP contribution in [0.2, 0.25) is 0 Å². The molecule has 0 radical (unpaired) electrons. The molecule has 0 bridgehead atoms. The van der Waals surface area contributed by atoms with E-state index in [1.54, 1.807) is 6.07 Å². The third kappa shape index (κ3) is 4.22. The number of thiazole rings is 1. The van der Waals surface area contributed by atoms with Crippen LogP contribution in [0.4, 0.5) is 10.5 Å². The molecule has 8 nitrogen and oxygen atoms in total. The van der Waals surface area contributed by atoms with Gasteiger partial charge in [-0.2, -0.15) is 0 Å². The van der Waals surface area contributed by atoms with Gasteiger partial charge < -0.3 is 4.74 Å². The van der Waals surface area contributed by atoms with E-state index in [0.29, 0.717) is 10.9 Å². The van der Waals surface area contributed by atoms with E-state index >= 15 is 0 Å². The van der Waals surface area contributed by atoms with Crippen LogP contribution in [0, 0.1) is 13.8 Å². The van der Waals surface area contributed by atoms with Gasteiger partial charge in [-0.1, -0.05) is 29.5 Å². The van der Waals surface area contributed by atoms with Crippen molar-refractivity contribution in [2.45, 2.75) is 20.5 Å². The maximum Gasteiger partial charge on any atom is 0.350 e. The number of aromatic nitrogens is 2. The van der Waals surface area contributed by atoms with Crippen LogP contribution in [-0.2, 0) is 6.61 Å². The summed E-state index contributed by atoms with van der Waals surface area (Å²) in [6.07, 6.45) is 0. The monoisotopic (exact) mass is 384 g/mol. The average molecular weight is 384 g/mol. The van der Waals surface area contributed by atoms with Crippen LogP contribution in [0.25, 0.3) is 11.4 Å². The lowest BCUT2D eigenvalue weighted by Gasteiger charge is -2.20. The molecule has 0 aliphatic heterocycles. The van der Waals surface area contributed by atoms with E-state index in [0.717, 1.165) is 33.2 Å². The largest absolute Gasteiger partial charge is 0.465 e. The van der Waals surface area contributed by atoms with Crippen molar-refractivity contribution in [3.05, 3.63) is 58.6 Å². The van der Waals surface area contributed by atoms with E-state index in [2.05, 4.69) is 9.97 Å². The highest BCUT2D eigenvalue weighted by atomic mass is 32.1. The summed E-state index contributed by atoms with van der Waals surface area (Å²) >= 11 is 1.38. The number of urea groups is 1. The van der Waals surface area contributed by atoms with Crippen molar-refractivity contribution in [3.63, 3.8) is 0 Å². The molecule has 140 valence electrons. The fraction of sp³-hybridized carbons (Fsp3) is 0.167. The fourth-order valence-corrected chi connectivity index (χ4v) is 3.20. The van der Waals surface area contributed by atoms with E-state index in [1.807, 2.05) is 55.0 Å². The summed E-state index contributed by atoms with van der Waals surface area (Å²) in [5.74, 6) is 11.0. The van der Waals surface area contributed by atoms with Gasteiger partial charge >= 0.3 is 6.03 Å². The molecule has 0 saturated heterocycles. The summed E-state index contributed by atoms with van der Waals surface area (Å²) in [6, 6.07) is 10.6. The van der Waals surface area contributed by atoms with Crippen molar-refractivity contribution in [2.24, 2.45) is 11.7 Å². The zero-order chi connectivity index (χ0) is 19.4. The quantitative estimate of drug-likeness (QED) is 0.353. The number of aryl methyl sites for hydroxylation is 2. The first kappa shape index (κ1) is 18.8. The molecule has 0 aliphatic rings. The van der Waals surface area contributed by atoms with Gasteiger partial charge in [-0.05, 0) is 37.6 Å². The highest BCUT2D eigenvalue weighted by Crippen LogP contribution is 2.28. The second-order valence-corrected chi connectivity index (χ2v) is 6.66. The van der Waals surface area contributed by atoms with Crippen LogP contribution >= 0.6 is 11.3 Å². The zero-order valence-electron chi connectivity index (χ0n) is 15.0. The third-order valence-electron chi connectivity index (χ3n) is 3.96. The normalized spacial score (nSPS) is 10.5. The molecule has 0 spiro atoms. The number of ether oxygens (including phenoxy) is 1. The molecule has 0 fully saturated rings. The van der Waals surface area contributed by atoms with Crippen molar-refractivity contribution in [2.75, 3.05) is 5.01 Å². The summed E-state index contributed by atoms with van der Waals surface area (Å²) < 4.78 is 5.84. The highest BCUT2D eigenvalue weighted by Gasteiger charge is 2.17. The molecule has 5 N–H and O–H groups in total. The molecule has 0 atom stereocenters. The molecule has 2 amide bonds. The number of pyridine rings is 1. The van der Waals surface area contributed by atoms with Gasteiger partial charge in [-0.25, -0.2) is 26.5 Å². The van der Waals surface area contributed by atoms with Crippen LogP contribution in [0.1, 0.15) is 16.8 Å². The Morgan fingerprint density at radius 3 is 2.70 bits per heavy atom. The Bertz CT molecular complexity index is 959. The first-order chi connectivity index (χ1) is 13.0. The number of nitrogens with one attached hydrogen (secondary N) is 1. The minimum absolute atomic E-state index is 0.210. The lowest BCUT2D eigenvalue weighted by atomic mass is 10.1. The fourth-order valence-electron chi connectivity index (χ4n) is 2.54. The second-order valence-electron chi connectivity index (χ2n) is 5.84. The molecule has 2 heterocycles. The number of benzene rings is 1. The molecular formula is C18H20N6O2S. The molecule has 27 heavy (non-hydrogen) atoms. The van der Waals surface area contributed by atoms with Gasteiger partial charge in [0.05, 0.1) is 11.4 Å². The molecule has 9 heteroatoms. The van der Waals surface area contributed by atoms with E-state index in [9.17, 15) is 4.79 Å². The Kier molecular flexibility index (Phi) is 5.65. The lowest BCUT2D eigenvalue weighted by Crippen LogP contribution is -2.48. The predicted octanol–water partition coefficient (Wildman–Crippen LogP) is 2.66. The Morgan fingerprint density at radius 2 is 1.96 bits per heavy atom. The maximum absolute atomic E-state index is 11.7. The highest BCUT2D eigenvalue weighted by molar-refractivity contribution is 7.11. The third-order valence-corrected chi connectivity index (χ3v) is 4.71. The number of carbonyl (C=O) groups excluding carboxylic acids is 1. The number of nitrogens with two attached hydrogens (primary N) is 2. The standard InChI is InChI=1S/C18H20N6O2S/c1-11-5-3-8-16(24(20)17(25)23-19)13(11)9-26-18-22-15(10-27-18)14-7-4-6-12(2)21-14/h3-8,10H,9,19-20H2,1-2H3,(H,23,25). The number of carbonyl (C=O) groups is 1. The first-order valence-electron chi connectivity index (χ1n) is 8.16. The van der Waals surface area contributed by atoms with Crippen LogP contribution in [0.15, 0.2) is 41.8 Å². The maximum atomic E-state index is 11.7. The Labute approximate surface area is 160 Å². The number of nitrogens with zero attached hydrogens (tertiary/aromatic N) is 3. The first-order valence-corrected chi connectivity index (χ1v) is 9.04. The van der Waals surface area contributed by atoms with Crippen LogP contribution < -0.4 is 26.9 Å². The topological polar surface area (TPSA) is 119 Å². The lowest BCUT2D eigenvalue weighted by molar-refractivity contribution is 0.246. The summed E-state index contributed by atoms with van der Waals surface area (Å²) in [6.45, 7) is 4.06. The number of hydrazine groups is 2.